The van der Waals surface area contributed by atoms with E-state index in [-0.39, 0.29) is 23.0 Å². The molecule has 1 aromatic carbocycles. The molecule has 0 aliphatic carbocycles. The fraction of sp³-hybridized carbons (Fsp3) is 0.385. The van der Waals surface area contributed by atoms with Crippen LogP contribution in [0.1, 0.15) is 22.6 Å². The van der Waals surface area contributed by atoms with Crippen LogP contribution in [-0.2, 0) is 16.0 Å². The second kappa shape index (κ2) is 6.10. The molecule has 8 nitrogen and oxygen atoms in total. The molecule has 1 amide bonds. The average molecular weight is 375 g/mol. The van der Waals surface area contributed by atoms with E-state index < -0.39 is 33.5 Å². The van der Waals surface area contributed by atoms with E-state index in [1.807, 2.05) is 0 Å². The van der Waals surface area contributed by atoms with E-state index >= 15 is 0 Å². The molecule has 0 radical (unpaired) electrons. The third-order valence-corrected chi connectivity index (χ3v) is 5.38. The molecule has 1 aliphatic rings. The Hall–Kier alpha value is -2.50. The number of tetrazole rings is 1. The molecule has 0 saturated carbocycles. The van der Waals surface area contributed by atoms with E-state index in [4.69, 9.17) is 0 Å². The van der Waals surface area contributed by atoms with Gasteiger partial charge in [0.25, 0.3) is 11.7 Å². The molecule has 1 fully saturated rings. The SMILES string of the molecule is O=C(NC1CCS(=O)(=O)C1)c1nnn(-c2ccc(C(F)(F)F)cc2)n1. The lowest BCUT2D eigenvalue weighted by Gasteiger charge is -2.08. The van der Waals surface area contributed by atoms with Crippen molar-refractivity contribution >= 4 is 15.7 Å². The summed E-state index contributed by atoms with van der Waals surface area (Å²) in [4.78, 5) is 12.9. The first-order chi connectivity index (χ1) is 11.6. The normalized spacial score (nSPS) is 19.7. The molecule has 12 heteroatoms. The van der Waals surface area contributed by atoms with Crippen molar-refractivity contribution < 1.29 is 26.4 Å². The van der Waals surface area contributed by atoms with Crippen LogP contribution in [0.2, 0.25) is 0 Å². The maximum atomic E-state index is 12.5. The van der Waals surface area contributed by atoms with E-state index in [1.165, 1.54) is 0 Å². The van der Waals surface area contributed by atoms with Gasteiger partial charge in [0, 0.05) is 6.04 Å². The summed E-state index contributed by atoms with van der Waals surface area (Å²) in [5.41, 5.74) is -0.625. The molecular formula is C13H12F3N5O3S. The van der Waals surface area contributed by atoms with Gasteiger partial charge in [0.2, 0.25) is 0 Å². The first-order valence-electron chi connectivity index (χ1n) is 7.13. The van der Waals surface area contributed by atoms with Crippen molar-refractivity contribution in [2.24, 2.45) is 0 Å². The second-order valence-corrected chi connectivity index (χ2v) is 7.75. The van der Waals surface area contributed by atoms with Gasteiger partial charge in [-0.05, 0) is 35.9 Å². The van der Waals surface area contributed by atoms with Gasteiger partial charge in [-0.25, -0.2) is 8.42 Å². The van der Waals surface area contributed by atoms with Gasteiger partial charge in [0.05, 0.1) is 22.8 Å². The molecule has 1 aromatic heterocycles. The summed E-state index contributed by atoms with van der Waals surface area (Å²) in [7, 11) is -3.15. The Bertz CT molecular complexity index is 892. The molecule has 1 unspecified atom stereocenters. The highest BCUT2D eigenvalue weighted by atomic mass is 32.2. The zero-order valence-corrected chi connectivity index (χ0v) is 13.4. The lowest BCUT2D eigenvalue weighted by molar-refractivity contribution is -0.137. The number of rotatable bonds is 3. The molecular weight excluding hydrogens is 363 g/mol. The highest BCUT2D eigenvalue weighted by Crippen LogP contribution is 2.29. The molecule has 0 spiro atoms. The minimum Gasteiger partial charge on any atom is -0.345 e. The molecule has 1 aliphatic heterocycles. The molecule has 25 heavy (non-hydrogen) atoms. The number of aromatic nitrogens is 4. The number of nitrogens with one attached hydrogen (secondary N) is 1. The van der Waals surface area contributed by atoms with E-state index in [9.17, 15) is 26.4 Å². The van der Waals surface area contributed by atoms with Crippen LogP contribution in [0.25, 0.3) is 5.69 Å². The van der Waals surface area contributed by atoms with Gasteiger partial charge in [-0.3, -0.25) is 4.79 Å². The summed E-state index contributed by atoms with van der Waals surface area (Å²) in [6.07, 6.45) is -4.15. The monoisotopic (exact) mass is 375 g/mol. The molecule has 134 valence electrons. The van der Waals surface area contributed by atoms with E-state index in [0.717, 1.165) is 29.1 Å². The van der Waals surface area contributed by atoms with Gasteiger partial charge in [-0.2, -0.15) is 13.2 Å². The van der Waals surface area contributed by atoms with E-state index in [0.29, 0.717) is 6.42 Å². The van der Waals surface area contributed by atoms with Gasteiger partial charge < -0.3 is 5.32 Å². The van der Waals surface area contributed by atoms with Crippen LogP contribution >= 0.6 is 0 Å². The van der Waals surface area contributed by atoms with Crippen molar-refractivity contribution in [1.29, 1.82) is 0 Å². The fourth-order valence-electron chi connectivity index (χ4n) is 2.36. The fourth-order valence-corrected chi connectivity index (χ4v) is 4.03. The molecule has 1 N–H and O–H groups in total. The third kappa shape index (κ3) is 3.95. The Morgan fingerprint density at radius 2 is 1.92 bits per heavy atom. The number of amides is 1. The summed E-state index contributed by atoms with van der Waals surface area (Å²) in [5.74, 6) is -1.14. The van der Waals surface area contributed by atoms with Gasteiger partial charge in [0.1, 0.15) is 0 Å². The smallest absolute Gasteiger partial charge is 0.345 e. The zero-order chi connectivity index (χ0) is 18.2. The average Bonchev–Trinajstić information content (AvgIpc) is 3.13. The summed E-state index contributed by atoms with van der Waals surface area (Å²) in [5, 5.41) is 13.5. The zero-order valence-electron chi connectivity index (χ0n) is 12.6. The number of alkyl halides is 3. The number of halogens is 3. The summed E-state index contributed by atoms with van der Waals surface area (Å²) in [6, 6.07) is 3.50. The highest BCUT2D eigenvalue weighted by molar-refractivity contribution is 7.91. The van der Waals surface area contributed by atoms with Gasteiger partial charge in [0.15, 0.2) is 9.84 Å². The predicted molar refractivity (Wildman–Crippen MR) is 78.7 cm³/mol. The molecule has 3 rings (SSSR count). The van der Waals surface area contributed by atoms with Crippen molar-refractivity contribution in [2.45, 2.75) is 18.6 Å². The van der Waals surface area contributed by atoms with Crippen LogP contribution < -0.4 is 5.32 Å². The first kappa shape index (κ1) is 17.3. The maximum absolute atomic E-state index is 12.5. The van der Waals surface area contributed by atoms with Crippen molar-refractivity contribution in [3.63, 3.8) is 0 Å². The number of hydrogen-bond acceptors (Lipinski definition) is 6. The van der Waals surface area contributed by atoms with E-state index in [2.05, 4.69) is 20.7 Å². The lowest BCUT2D eigenvalue weighted by atomic mass is 10.2. The van der Waals surface area contributed by atoms with Crippen molar-refractivity contribution in [2.75, 3.05) is 11.5 Å². The van der Waals surface area contributed by atoms with Crippen LogP contribution in [0.3, 0.4) is 0 Å². The summed E-state index contributed by atoms with van der Waals surface area (Å²) < 4.78 is 60.3. The molecule has 0 bridgehead atoms. The summed E-state index contributed by atoms with van der Waals surface area (Å²) >= 11 is 0. The number of carbonyl (C=O) groups is 1. The van der Waals surface area contributed by atoms with Crippen molar-refractivity contribution in [3.05, 3.63) is 35.7 Å². The number of nitrogens with zero attached hydrogens (tertiary/aromatic N) is 4. The largest absolute Gasteiger partial charge is 0.416 e. The van der Waals surface area contributed by atoms with Crippen LogP contribution in [0, 0.1) is 0 Å². The van der Waals surface area contributed by atoms with Crippen molar-refractivity contribution in [1.82, 2.24) is 25.5 Å². The molecule has 2 aromatic rings. The highest BCUT2D eigenvalue weighted by Gasteiger charge is 2.31. The van der Waals surface area contributed by atoms with Crippen LogP contribution in [0.4, 0.5) is 13.2 Å². The Balaban J connectivity index is 1.71. The van der Waals surface area contributed by atoms with Crippen LogP contribution in [0.15, 0.2) is 24.3 Å². The Labute approximate surface area is 139 Å². The summed E-state index contributed by atoms with van der Waals surface area (Å²) in [6.45, 7) is 0. The minimum atomic E-state index is -4.46. The van der Waals surface area contributed by atoms with Gasteiger partial charge in [-0.15, -0.1) is 15.0 Å². The maximum Gasteiger partial charge on any atom is 0.416 e. The number of benzene rings is 1. The third-order valence-electron chi connectivity index (χ3n) is 3.61. The number of carbonyl (C=O) groups excluding carboxylic acids is 1. The second-order valence-electron chi connectivity index (χ2n) is 5.52. The van der Waals surface area contributed by atoms with Crippen molar-refractivity contribution in [3.8, 4) is 5.69 Å². The van der Waals surface area contributed by atoms with Crippen LogP contribution in [-0.4, -0.2) is 52.1 Å². The number of sulfone groups is 1. The molecule has 2 heterocycles. The minimum absolute atomic E-state index is 0.00359. The predicted octanol–water partition coefficient (Wildman–Crippen LogP) is 0.598. The van der Waals surface area contributed by atoms with E-state index in [1.54, 1.807) is 0 Å². The standard InChI is InChI=1S/C13H12F3N5O3S/c14-13(15,16)8-1-3-10(4-2-8)21-19-11(18-20-21)12(22)17-9-5-6-25(23,24)7-9/h1-4,9H,5-7H2,(H,17,22). The number of hydrogen-bond donors (Lipinski definition) is 1. The van der Waals surface area contributed by atoms with Gasteiger partial charge >= 0.3 is 6.18 Å². The Morgan fingerprint density at radius 3 is 2.48 bits per heavy atom. The molecule has 1 saturated heterocycles. The quantitative estimate of drug-likeness (QED) is 0.842. The Kier molecular flexibility index (Phi) is 4.22. The molecule has 1 atom stereocenters. The first-order valence-corrected chi connectivity index (χ1v) is 8.95. The van der Waals surface area contributed by atoms with Gasteiger partial charge in [-0.1, -0.05) is 0 Å². The topological polar surface area (TPSA) is 107 Å². The Morgan fingerprint density at radius 1 is 1.24 bits per heavy atom. The lowest BCUT2D eigenvalue weighted by Crippen LogP contribution is -2.36. The van der Waals surface area contributed by atoms with Crippen LogP contribution in [0.5, 0.6) is 0 Å².